The maximum Gasteiger partial charge on any atom is 0.217 e. The summed E-state index contributed by atoms with van der Waals surface area (Å²) in [4.78, 5) is 4.38. The molecule has 1 aromatic carbocycles. The highest BCUT2D eigenvalue weighted by Gasteiger charge is 2.15. The lowest BCUT2D eigenvalue weighted by molar-refractivity contribution is 0.551. The van der Waals surface area contributed by atoms with E-state index in [0.717, 1.165) is 0 Å². The molecule has 5 nitrogen and oxygen atoms in total. The molecule has 0 aliphatic heterocycles. The third kappa shape index (κ3) is 2.81. The second-order valence-electron chi connectivity index (χ2n) is 4.44. The van der Waals surface area contributed by atoms with Crippen molar-refractivity contribution in [3.05, 3.63) is 58.5 Å². The van der Waals surface area contributed by atoms with Gasteiger partial charge in [-0.3, -0.25) is 5.10 Å². The maximum absolute atomic E-state index is 6.15. The summed E-state index contributed by atoms with van der Waals surface area (Å²) in [7, 11) is 0. The molecule has 0 saturated heterocycles. The van der Waals surface area contributed by atoms with Gasteiger partial charge in [-0.15, -0.1) is 5.10 Å². The smallest absolute Gasteiger partial charge is 0.217 e. The number of H-pyrrole nitrogens is 1. The molecule has 0 fully saturated rings. The van der Waals surface area contributed by atoms with Crippen molar-refractivity contribution in [1.82, 2.24) is 15.2 Å². The number of benzene rings is 1. The van der Waals surface area contributed by atoms with Crippen molar-refractivity contribution >= 4 is 15.9 Å². The summed E-state index contributed by atoms with van der Waals surface area (Å²) in [6, 6.07) is 13.4. The fourth-order valence-corrected chi connectivity index (χ4v) is 2.26. The molecule has 2 aromatic heterocycles. The average Bonchev–Trinajstić information content (AvgIpc) is 3.08. The van der Waals surface area contributed by atoms with Crippen molar-refractivity contribution in [1.29, 1.82) is 0 Å². The lowest BCUT2D eigenvalue weighted by atomic mass is 10.1. The van der Waals surface area contributed by atoms with E-state index >= 15 is 0 Å². The molecule has 3 rings (SSSR count). The first-order valence-corrected chi connectivity index (χ1v) is 6.99. The van der Waals surface area contributed by atoms with Crippen LogP contribution in [0.1, 0.15) is 17.4 Å². The van der Waals surface area contributed by atoms with E-state index in [9.17, 15) is 0 Å². The van der Waals surface area contributed by atoms with Crippen molar-refractivity contribution < 1.29 is 4.42 Å². The zero-order valence-corrected chi connectivity index (χ0v) is 12.2. The number of nitrogens with two attached hydrogens (primary N) is 1. The number of aromatic nitrogens is 3. The van der Waals surface area contributed by atoms with Crippen LogP contribution < -0.4 is 5.73 Å². The molecule has 0 unspecified atom stereocenters. The Kier molecular flexibility index (Phi) is 3.66. The molecule has 0 radical (unpaired) electrons. The molecule has 2 heterocycles. The molecule has 0 aliphatic carbocycles. The Morgan fingerprint density at radius 3 is 2.70 bits per heavy atom. The predicted octanol–water partition coefficient (Wildman–Crippen LogP) is 3.07. The lowest BCUT2D eigenvalue weighted by Crippen LogP contribution is -2.15. The molecular weight excluding hydrogens is 320 g/mol. The second kappa shape index (κ2) is 5.60. The van der Waals surface area contributed by atoms with Crippen LogP contribution in [0.4, 0.5) is 0 Å². The van der Waals surface area contributed by atoms with Gasteiger partial charge in [-0.1, -0.05) is 30.3 Å². The van der Waals surface area contributed by atoms with Gasteiger partial charge in [-0.2, -0.15) is 0 Å². The van der Waals surface area contributed by atoms with Crippen molar-refractivity contribution in [3.63, 3.8) is 0 Å². The molecule has 0 bridgehead atoms. The van der Waals surface area contributed by atoms with Gasteiger partial charge in [0.05, 0.1) is 6.04 Å². The molecule has 0 aliphatic rings. The first-order valence-electron chi connectivity index (χ1n) is 6.20. The Hall–Kier alpha value is -1.92. The first kappa shape index (κ1) is 13.1. The summed E-state index contributed by atoms with van der Waals surface area (Å²) in [5, 5.41) is 7.00. The van der Waals surface area contributed by atoms with E-state index in [0.29, 0.717) is 28.5 Å². The summed E-state index contributed by atoms with van der Waals surface area (Å²) in [5.74, 6) is 1.76. The van der Waals surface area contributed by atoms with E-state index in [1.165, 1.54) is 5.56 Å². The van der Waals surface area contributed by atoms with Crippen molar-refractivity contribution in [3.8, 4) is 11.6 Å². The van der Waals surface area contributed by atoms with Gasteiger partial charge in [0.1, 0.15) is 5.82 Å². The average molecular weight is 333 g/mol. The number of hydrogen-bond donors (Lipinski definition) is 2. The Labute approximate surface area is 124 Å². The van der Waals surface area contributed by atoms with Gasteiger partial charge in [0.2, 0.25) is 5.82 Å². The van der Waals surface area contributed by atoms with Crippen LogP contribution in [-0.2, 0) is 6.42 Å². The van der Waals surface area contributed by atoms with E-state index in [2.05, 4.69) is 31.1 Å². The molecule has 0 saturated carbocycles. The molecule has 0 spiro atoms. The summed E-state index contributed by atoms with van der Waals surface area (Å²) in [6.45, 7) is 0. The van der Waals surface area contributed by atoms with Gasteiger partial charge in [-0.05, 0) is 40.0 Å². The molecule has 102 valence electrons. The molecule has 0 amide bonds. The van der Waals surface area contributed by atoms with Crippen LogP contribution in [0.2, 0.25) is 0 Å². The van der Waals surface area contributed by atoms with Gasteiger partial charge >= 0.3 is 0 Å². The minimum absolute atomic E-state index is 0.225. The monoisotopic (exact) mass is 332 g/mol. The third-order valence-electron chi connectivity index (χ3n) is 2.95. The van der Waals surface area contributed by atoms with Crippen LogP contribution in [0.15, 0.2) is 51.6 Å². The number of halogens is 1. The fraction of sp³-hybridized carbons (Fsp3) is 0.143. The number of aromatic amines is 1. The van der Waals surface area contributed by atoms with Crippen LogP contribution in [-0.4, -0.2) is 15.2 Å². The van der Waals surface area contributed by atoms with Crippen molar-refractivity contribution in [2.75, 3.05) is 0 Å². The minimum atomic E-state index is -0.225. The van der Waals surface area contributed by atoms with Gasteiger partial charge in [0, 0.05) is 0 Å². The largest absolute Gasteiger partial charge is 0.446 e. The number of furan rings is 1. The number of nitrogens with one attached hydrogen (secondary N) is 1. The molecule has 3 aromatic rings. The van der Waals surface area contributed by atoms with E-state index in [-0.39, 0.29) is 6.04 Å². The topological polar surface area (TPSA) is 80.7 Å². The zero-order valence-electron chi connectivity index (χ0n) is 10.6. The molecule has 3 N–H and O–H groups in total. The van der Waals surface area contributed by atoms with Crippen molar-refractivity contribution in [2.24, 2.45) is 5.73 Å². The SMILES string of the molecule is N[C@@H](Cc1ccccc1)c1nc(-c2ccc(Br)o2)n[nH]1. The highest BCUT2D eigenvalue weighted by atomic mass is 79.9. The van der Waals surface area contributed by atoms with E-state index in [4.69, 9.17) is 10.2 Å². The van der Waals surface area contributed by atoms with Gasteiger partial charge in [0.25, 0.3) is 0 Å². The summed E-state index contributed by atoms with van der Waals surface area (Å²) in [6.07, 6.45) is 0.706. The van der Waals surface area contributed by atoms with Crippen LogP contribution >= 0.6 is 15.9 Å². The number of nitrogens with zero attached hydrogens (tertiary/aromatic N) is 2. The van der Waals surface area contributed by atoms with Crippen LogP contribution in [0.5, 0.6) is 0 Å². The van der Waals surface area contributed by atoms with Gasteiger partial charge < -0.3 is 10.2 Å². The van der Waals surface area contributed by atoms with Crippen molar-refractivity contribution in [2.45, 2.75) is 12.5 Å². The standard InChI is InChI=1S/C14H13BrN4O/c15-12-7-6-11(20-12)14-17-13(18-19-14)10(16)8-9-4-2-1-3-5-9/h1-7,10H,8,16H2,(H,17,18,19)/t10-/m0/s1. The number of rotatable bonds is 4. The Balaban J connectivity index is 1.76. The second-order valence-corrected chi connectivity index (χ2v) is 5.23. The minimum Gasteiger partial charge on any atom is -0.446 e. The normalized spacial score (nSPS) is 12.5. The molecule has 6 heteroatoms. The Morgan fingerprint density at radius 2 is 2.00 bits per heavy atom. The predicted molar refractivity (Wildman–Crippen MR) is 78.9 cm³/mol. The molecule has 1 atom stereocenters. The van der Waals surface area contributed by atoms with Crippen LogP contribution in [0, 0.1) is 0 Å². The molecule has 20 heavy (non-hydrogen) atoms. The maximum atomic E-state index is 6.15. The lowest BCUT2D eigenvalue weighted by Gasteiger charge is -2.07. The Bertz CT molecular complexity index is 692. The van der Waals surface area contributed by atoms with Crippen LogP contribution in [0.25, 0.3) is 11.6 Å². The van der Waals surface area contributed by atoms with E-state index in [1.54, 1.807) is 12.1 Å². The van der Waals surface area contributed by atoms with E-state index < -0.39 is 0 Å². The summed E-state index contributed by atoms with van der Waals surface area (Å²) in [5.41, 5.74) is 7.32. The molecular formula is C14H13BrN4O. The highest BCUT2D eigenvalue weighted by Crippen LogP contribution is 2.23. The summed E-state index contributed by atoms with van der Waals surface area (Å²) < 4.78 is 6.06. The van der Waals surface area contributed by atoms with Gasteiger partial charge in [-0.25, -0.2) is 4.98 Å². The Morgan fingerprint density at radius 1 is 1.20 bits per heavy atom. The highest BCUT2D eigenvalue weighted by molar-refractivity contribution is 9.10. The fourth-order valence-electron chi connectivity index (χ4n) is 1.95. The van der Waals surface area contributed by atoms with Gasteiger partial charge in [0.15, 0.2) is 10.4 Å². The first-order chi connectivity index (χ1) is 9.72. The zero-order chi connectivity index (χ0) is 13.9. The number of hydrogen-bond acceptors (Lipinski definition) is 4. The van der Waals surface area contributed by atoms with E-state index in [1.807, 2.05) is 30.3 Å². The third-order valence-corrected chi connectivity index (χ3v) is 3.37. The van der Waals surface area contributed by atoms with Crippen LogP contribution in [0.3, 0.4) is 0 Å². The summed E-state index contributed by atoms with van der Waals surface area (Å²) >= 11 is 3.25. The quantitative estimate of drug-likeness (QED) is 0.769.